The fourth-order valence-corrected chi connectivity index (χ4v) is 2.25. The van der Waals surface area contributed by atoms with Gasteiger partial charge in [0.1, 0.15) is 5.75 Å². The maximum Gasteiger partial charge on any atom is 0.116 e. The minimum Gasteiger partial charge on any atom is -0.508 e. The van der Waals surface area contributed by atoms with Gasteiger partial charge in [-0.3, -0.25) is 0 Å². The molecule has 0 aromatic heterocycles. The molecule has 1 saturated carbocycles. The fraction of sp³-hybridized carbons (Fsp3) is 0.455. The van der Waals surface area contributed by atoms with E-state index < -0.39 is 6.10 Å². The van der Waals surface area contributed by atoms with Gasteiger partial charge in [0.15, 0.2) is 0 Å². The third kappa shape index (κ3) is 1.79. The van der Waals surface area contributed by atoms with Crippen LogP contribution < -0.4 is 0 Å². The second kappa shape index (κ2) is 3.91. The number of aliphatic hydroxyl groups excluding tert-OH is 1. The van der Waals surface area contributed by atoms with Crippen LogP contribution in [0, 0.1) is 5.92 Å². The summed E-state index contributed by atoms with van der Waals surface area (Å²) in [5.74, 6) is 0.578. The van der Waals surface area contributed by atoms with Crippen molar-refractivity contribution in [1.82, 2.24) is 0 Å². The summed E-state index contributed by atoms with van der Waals surface area (Å²) in [6, 6.07) is 5.01. The van der Waals surface area contributed by atoms with Gasteiger partial charge in [-0.25, -0.2) is 0 Å². The third-order valence-corrected chi connectivity index (χ3v) is 3.62. The molecule has 1 atom stereocenters. The molecule has 0 heterocycles. The average Bonchev–Trinajstić information content (AvgIpc) is 2.06. The molecule has 1 unspecified atom stereocenters. The summed E-state index contributed by atoms with van der Waals surface area (Å²) in [6.07, 6.45) is 2.94. The zero-order chi connectivity index (χ0) is 10.1. The Kier molecular flexibility index (Phi) is 2.79. The Morgan fingerprint density at radius 2 is 2.07 bits per heavy atom. The first-order valence-electron chi connectivity index (χ1n) is 4.85. The molecule has 0 radical (unpaired) electrons. The number of hydrogen-bond acceptors (Lipinski definition) is 2. The molecule has 0 saturated heterocycles. The van der Waals surface area contributed by atoms with Gasteiger partial charge in [0.25, 0.3) is 0 Å². The minimum atomic E-state index is -0.440. The predicted molar refractivity (Wildman–Crippen MR) is 58.1 cm³/mol. The highest BCUT2D eigenvalue weighted by atomic mass is 79.9. The molecule has 2 nitrogen and oxygen atoms in total. The van der Waals surface area contributed by atoms with Gasteiger partial charge in [-0.2, -0.15) is 0 Å². The third-order valence-electron chi connectivity index (χ3n) is 2.89. The molecule has 0 bridgehead atoms. The zero-order valence-electron chi connectivity index (χ0n) is 7.78. The minimum absolute atomic E-state index is 0.210. The van der Waals surface area contributed by atoms with E-state index in [4.69, 9.17) is 0 Å². The predicted octanol–water partition coefficient (Wildman–Crippen LogP) is 2.99. The van der Waals surface area contributed by atoms with Crippen molar-refractivity contribution in [3.63, 3.8) is 0 Å². The van der Waals surface area contributed by atoms with Crippen LogP contribution in [0.15, 0.2) is 22.7 Å². The largest absolute Gasteiger partial charge is 0.508 e. The molecule has 1 aliphatic carbocycles. The molecule has 0 spiro atoms. The van der Waals surface area contributed by atoms with Gasteiger partial charge in [0.2, 0.25) is 0 Å². The van der Waals surface area contributed by atoms with E-state index in [2.05, 4.69) is 15.9 Å². The quantitative estimate of drug-likeness (QED) is 0.855. The van der Waals surface area contributed by atoms with Crippen LogP contribution in [0.5, 0.6) is 5.75 Å². The lowest BCUT2D eigenvalue weighted by Crippen LogP contribution is -2.20. The van der Waals surface area contributed by atoms with Crippen molar-refractivity contribution < 1.29 is 10.2 Å². The van der Waals surface area contributed by atoms with E-state index in [0.29, 0.717) is 5.92 Å². The summed E-state index contributed by atoms with van der Waals surface area (Å²) in [4.78, 5) is 0. The van der Waals surface area contributed by atoms with Crippen LogP contribution >= 0.6 is 15.9 Å². The summed E-state index contributed by atoms with van der Waals surface area (Å²) < 4.78 is 0.870. The van der Waals surface area contributed by atoms with E-state index in [1.165, 1.54) is 6.42 Å². The van der Waals surface area contributed by atoms with E-state index >= 15 is 0 Å². The van der Waals surface area contributed by atoms with Gasteiger partial charge in [0, 0.05) is 4.47 Å². The first kappa shape index (κ1) is 9.99. The summed E-state index contributed by atoms with van der Waals surface area (Å²) in [5, 5.41) is 19.3. The standard InChI is InChI=1S/C11H13BrO2/c12-10-5-4-8(13)6-9(10)11(14)7-2-1-3-7/h4-7,11,13-14H,1-3H2. The Bertz CT molecular complexity index is 334. The van der Waals surface area contributed by atoms with Gasteiger partial charge in [0.05, 0.1) is 6.10 Å². The monoisotopic (exact) mass is 256 g/mol. The topological polar surface area (TPSA) is 40.5 Å². The van der Waals surface area contributed by atoms with Gasteiger partial charge >= 0.3 is 0 Å². The van der Waals surface area contributed by atoms with Gasteiger partial charge in [-0.1, -0.05) is 22.4 Å². The van der Waals surface area contributed by atoms with Crippen LogP contribution in [0.3, 0.4) is 0 Å². The second-order valence-corrected chi connectivity index (χ2v) is 4.70. The van der Waals surface area contributed by atoms with Crippen molar-refractivity contribution >= 4 is 15.9 Å². The summed E-state index contributed by atoms with van der Waals surface area (Å²) >= 11 is 3.38. The zero-order valence-corrected chi connectivity index (χ0v) is 9.37. The van der Waals surface area contributed by atoms with Crippen molar-refractivity contribution in [3.05, 3.63) is 28.2 Å². The molecule has 0 amide bonds. The summed E-state index contributed by atoms with van der Waals surface area (Å²) in [6.45, 7) is 0. The Labute approximate surface area is 91.7 Å². The smallest absolute Gasteiger partial charge is 0.116 e. The van der Waals surface area contributed by atoms with Crippen molar-refractivity contribution in [2.75, 3.05) is 0 Å². The van der Waals surface area contributed by atoms with Crippen LogP contribution in [0.1, 0.15) is 30.9 Å². The SMILES string of the molecule is Oc1ccc(Br)c(C(O)C2CCC2)c1. The van der Waals surface area contributed by atoms with Crippen LogP contribution in [-0.2, 0) is 0 Å². The Balaban J connectivity index is 2.24. The summed E-state index contributed by atoms with van der Waals surface area (Å²) in [5.41, 5.74) is 0.801. The molecule has 76 valence electrons. The highest BCUT2D eigenvalue weighted by molar-refractivity contribution is 9.10. The number of phenols is 1. The van der Waals surface area contributed by atoms with Gasteiger partial charge < -0.3 is 10.2 Å². The molecule has 2 rings (SSSR count). The van der Waals surface area contributed by atoms with Crippen LogP contribution in [0.25, 0.3) is 0 Å². The van der Waals surface area contributed by atoms with E-state index in [9.17, 15) is 10.2 Å². The molecular weight excluding hydrogens is 244 g/mol. The lowest BCUT2D eigenvalue weighted by Gasteiger charge is -2.31. The highest BCUT2D eigenvalue weighted by Gasteiger charge is 2.28. The molecule has 2 N–H and O–H groups in total. The van der Waals surface area contributed by atoms with Gasteiger partial charge in [-0.05, 0) is 42.5 Å². The molecule has 1 aliphatic rings. The number of halogens is 1. The number of phenolic OH excluding ortho intramolecular Hbond substituents is 1. The molecule has 3 heteroatoms. The van der Waals surface area contributed by atoms with Crippen LogP contribution in [0.4, 0.5) is 0 Å². The first-order valence-corrected chi connectivity index (χ1v) is 5.64. The number of hydrogen-bond donors (Lipinski definition) is 2. The Morgan fingerprint density at radius 3 is 2.64 bits per heavy atom. The number of rotatable bonds is 2. The van der Waals surface area contributed by atoms with Crippen LogP contribution in [-0.4, -0.2) is 10.2 Å². The number of aromatic hydroxyl groups is 1. The highest BCUT2D eigenvalue weighted by Crippen LogP contribution is 2.40. The van der Waals surface area contributed by atoms with Crippen molar-refractivity contribution in [3.8, 4) is 5.75 Å². The molecule has 1 aromatic rings. The molecule has 0 aliphatic heterocycles. The fourth-order valence-electron chi connectivity index (χ4n) is 1.77. The van der Waals surface area contributed by atoms with Gasteiger partial charge in [-0.15, -0.1) is 0 Å². The maximum atomic E-state index is 10.0. The average molecular weight is 257 g/mol. The van der Waals surface area contributed by atoms with E-state index in [1.807, 2.05) is 0 Å². The molecule has 14 heavy (non-hydrogen) atoms. The van der Waals surface area contributed by atoms with Crippen LogP contribution in [0.2, 0.25) is 0 Å². The Hall–Kier alpha value is -0.540. The lowest BCUT2D eigenvalue weighted by molar-refractivity contribution is 0.0614. The first-order chi connectivity index (χ1) is 6.68. The normalized spacial score (nSPS) is 19.0. The Morgan fingerprint density at radius 1 is 1.36 bits per heavy atom. The van der Waals surface area contributed by atoms with E-state index in [1.54, 1.807) is 18.2 Å². The van der Waals surface area contributed by atoms with E-state index in [0.717, 1.165) is 22.9 Å². The summed E-state index contributed by atoms with van der Waals surface area (Å²) in [7, 11) is 0. The van der Waals surface area contributed by atoms with Crippen molar-refractivity contribution in [1.29, 1.82) is 0 Å². The van der Waals surface area contributed by atoms with Crippen molar-refractivity contribution in [2.24, 2.45) is 5.92 Å². The maximum absolute atomic E-state index is 10.0. The van der Waals surface area contributed by atoms with Crippen molar-refractivity contribution in [2.45, 2.75) is 25.4 Å². The molecule has 1 aromatic carbocycles. The molecule has 1 fully saturated rings. The second-order valence-electron chi connectivity index (χ2n) is 3.84. The lowest BCUT2D eigenvalue weighted by atomic mass is 9.79. The van der Waals surface area contributed by atoms with E-state index in [-0.39, 0.29) is 5.75 Å². The number of aliphatic hydroxyl groups is 1. The number of benzene rings is 1. The molecular formula is C11H13BrO2.